The van der Waals surface area contributed by atoms with E-state index in [1.54, 1.807) is 29.2 Å². The van der Waals surface area contributed by atoms with E-state index in [4.69, 9.17) is 0 Å². The first kappa shape index (κ1) is 20.9. The summed E-state index contributed by atoms with van der Waals surface area (Å²) < 4.78 is 54.4. The van der Waals surface area contributed by atoms with Crippen LogP contribution in [0.3, 0.4) is 0 Å². The molecule has 2 heterocycles. The van der Waals surface area contributed by atoms with Crippen LogP contribution in [0.5, 0.6) is 0 Å². The van der Waals surface area contributed by atoms with Gasteiger partial charge in [0.2, 0.25) is 0 Å². The molecule has 0 aromatic heterocycles. The molecule has 0 fully saturated rings. The van der Waals surface area contributed by atoms with Gasteiger partial charge in [0.15, 0.2) is 0 Å². The number of nitrogens with one attached hydrogen (secondary N) is 1. The van der Waals surface area contributed by atoms with Gasteiger partial charge in [0.05, 0.1) is 17.4 Å². The molecule has 9 heteroatoms. The Kier molecular flexibility index (Phi) is 5.69. The van der Waals surface area contributed by atoms with Gasteiger partial charge in [-0.15, -0.1) is 4.40 Å². The highest BCUT2D eigenvalue weighted by Gasteiger charge is 2.26. The van der Waals surface area contributed by atoms with E-state index in [1.807, 2.05) is 0 Å². The standard InChI is InChI=1S/C22H19F2N3O3S/c23-18-5-1-3-15(11-18)12-20(16-4-2-6-19(24)13-16)25-22(28)17-7-8-21-26-31(29,30)10-9-27(21)14-17/h1-8,11,13-14,20H,9-10,12H2,(H,25,28). The number of benzene rings is 2. The Morgan fingerprint density at radius 2 is 1.84 bits per heavy atom. The molecule has 0 radical (unpaired) electrons. The highest BCUT2D eigenvalue weighted by atomic mass is 32.2. The molecule has 0 saturated carbocycles. The molecule has 0 spiro atoms. The summed E-state index contributed by atoms with van der Waals surface area (Å²) in [5, 5.41) is 2.88. The van der Waals surface area contributed by atoms with Crippen molar-refractivity contribution < 1.29 is 22.0 Å². The normalized spacial score (nSPS) is 17.9. The van der Waals surface area contributed by atoms with Gasteiger partial charge in [-0.1, -0.05) is 24.3 Å². The number of sulfonamides is 1. The number of amides is 1. The van der Waals surface area contributed by atoms with E-state index in [2.05, 4.69) is 9.71 Å². The molecule has 1 amide bonds. The maximum absolute atomic E-state index is 13.8. The van der Waals surface area contributed by atoms with Crippen LogP contribution in [0.15, 0.2) is 76.9 Å². The van der Waals surface area contributed by atoms with E-state index in [1.165, 1.54) is 42.6 Å². The third-order valence-corrected chi connectivity index (χ3v) is 6.14. The zero-order valence-electron chi connectivity index (χ0n) is 16.3. The van der Waals surface area contributed by atoms with Crippen LogP contribution in [0.4, 0.5) is 8.78 Å². The number of nitrogens with zero attached hydrogens (tertiary/aromatic N) is 2. The Bertz CT molecular complexity index is 1220. The minimum atomic E-state index is -3.49. The topological polar surface area (TPSA) is 78.8 Å². The Morgan fingerprint density at radius 1 is 1.10 bits per heavy atom. The molecule has 1 atom stereocenters. The average Bonchev–Trinajstić information content (AvgIpc) is 2.72. The summed E-state index contributed by atoms with van der Waals surface area (Å²) in [6.45, 7) is 0.193. The molecule has 2 aromatic rings. The molecule has 0 saturated heterocycles. The van der Waals surface area contributed by atoms with Gasteiger partial charge in [0.25, 0.3) is 15.9 Å². The molecule has 2 aliphatic rings. The number of hydrogen-bond donors (Lipinski definition) is 1. The number of carbonyl (C=O) groups is 1. The van der Waals surface area contributed by atoms with Crippen molar-refractivity contribution in [3.8, 4) is 0 Å². The summed E-state index contributed by atoms with van der Waals surface area (Å²) in [5.41, 5.74) is 1.50. The summed E-state index contributed by atoms with van der Waals surface area (Å²) >= 11 is 0. The van der Waals surface area contributed by atoms with Crippen LogP contribution < -0.4 is 5.32 Å². The Balaban J connectivity index is 1.57. The van der Waals surface area contributed by atoms with Gasteiger partial charge in [-0.25, -0.2) is 17.2 Å². The van der Waals surface area contributed by atoms with Crippen molar-refractivity contribution in [2.75, 3.05) is 12.3 Å². The fraction of sp³-hybridized carbons (Fsp3) is 0.182. The van der Waals surface area contributed by atoms with E-state index < -0.39 is 33.6 Å². The number of hydrogen-bond acceptors (Lipinski definition) is 4. The molecule has 31 heavy (non-hydrogen) atoms. The lowest BCUT2D eigenvalue weighted by Crippen LogP contribution is -2.38. The van der Waals surface area contributed by atoms with Gasteiger partial charge in [0.1, 0.15) is 17.5 Å². The molecule has 4 rings (SSSR count). The van der Waals surface area contributed by atoms with Gasteiger partial charge >= 0.3 is 0 Å². The van der Waals surface area contributed by atoms with E-state index in [0.29, 0.717) is 16.7 Å². The molecule has 0 bridgehead atoms. The first-order valence-electron chi connectivity index (χ1n) is 9.59. The second-order valence-electron chi connectivity index (χ2n) is 7.26. The zero-order valence-corrected chi connectivity index (χ0v) is 17.1. The van der Waals surface area contributed by atoms with Crippen molar-refractivity contribution in [2.24, 2.45) is 4.40 Å². The molecular weight excluding hydrogens is 424 g/mol. The maximum atomic E-state index is 13.8. The van der Waals surface area contributed by atoms with Crippen LogP contribution in [0.25, 0.3) is 0 Å². The lowest BCUT2D eigenvalue weighted by atomic mass is 9.98. The first-order valence-corrected chi connectivity index (χ1v) is 11.2. The summed E-state index contributed by atoms with van der Waals surface area (Å²) in [5.74, 6) is -1.14. The van der Waals surface area contributed by atoms with Crippen LogP contribution in [-0.4, -0.2) is 37.4 Å². The van der Waals surface area contributed by atoms with Crippen molar-refractivity contribution in [2.45, 2.75) is 12.5 Å². The minimum absolute atomic E-state index is 0.138. The lowest BCUT2D eigenvalue weighted by molar-refractivity contribution is -0.118. The van der Waals surface area contributed by atoms with Crippen molar-refractivity contribution in [3.05, 3.63) is 95.2 Å². The highest BCUT2D eigenvalue weighted by Crippen LogP contribution is 2.22. The van der Waals surface area contributed by atoms with Crippen LogP contribution in [0, 0.1) is 11.6 Å². The largest absolute Gasteiger partial charge is 0.345 e. The molecular formula is C22H19F2N3O3S. The maximum Gasteiger partial charge on any atom is 0.256 e. The van der Waals surface area contributed by atoms with Crippen molar-refractivity contribution in [1.82, 2.24) is 10.2 Å². The quantitative estimate of drug-likeness (QED) is 0.771. The van der Waals surface area contributed by atoms with Crippen molar-refractivity contribution in [1.29, 1.82) is 0 Å². The highest BCUT2D eigenvalue weighted by molar-refractivity contribution is 7.90. The SMILES string of the molecule is O=C(NC(Cc1cccc(F)c1)c1cccc(F)c1)C1=CN2CCS(=O)(=O)N=C2C=C1. The molecule has 0 aliphatic carbocycles. The zero-order chi connectivity index (χ0) is 22.0. The van der Waals surface area contributed by atoms with Crippen molar-refractivity contribution >= 4 is 21.8 Å². The number of amidine groups is 1. The number of carbonyl (C=O) groups excluding carboxylic acids is 1. The number of fused-ring (bicyclic) bond motifs is 1. The third-order valence-electron chi connectivity index (χ3n) is 4.97. The summed E-state index contributed by atoms with van der Waals surface area (Å²) in [6.07, 6.45) is 4.75. The van der Waals surface area contributed by atoms with Gasteiger partial charge in [-0.2, -0.15) is 0 Å². The molecule has 2 aromatic carbocycles. The summed E-state index contributed by atoms with van der Waals surface area (Å²) in [6, 6.07) is 11.3. The van der Waals surface area contributed by atoms with Crippen LogP contribution >= 0.6 is 0 Å². The Hall–Kier alpha value is -3.33. The predicted octanol–water partition coefficient (Wildman–Crippen LogP) is 2.86. The molecule has 6 nitrogen and oxygen atoms in total. The van der Waals surface area contributed by atoms with Crippen LogP contribution in [0.2, 0.25) is 0 Å². The van der Waals surface area contributed by atoms with Crippen LogP contribution in [-0.2, 0) is 21.2 Å². The second kappa shape index (κ2) is 8.43. The van der Waals surface area contributed by atoms with E-state index in [-0.39, 0.29) is 24.6 Å². The summed E-state index contributed by atoms with van der Waals surface area (Å²) in [4.78, 5) is 14.5. The van der Waals surface area contributed by atoms with E-state index in [9.17, 15) is 22.0 Å². The minimum Gasteiger partial charge on any atom is -0.345 e. The second-order valence-corrected chi connectivity index (χ2v) is 9.02. The Labute approximate surface area is 178 Å². The number of rotatable bonds is 5. The van der Waals surface area contributed by atoms with Gasteiger partial charge in [0, 0.05) is 12.7 Å². The van der Waals surface area contributed by atoms with Gasteiger partial charge < -0.3 is 10.2 Å². The van der Waals surface area contributed by atoms with Gasteiger partial charge in [-0.05, 0) is 54.0 Å². The lowest BCUT2D eigenvalue weighted by Gasteiger charge is -2.27. The number of halogens is 2. The van der Waals surface area contributed by atoms with E-state index >= 15 is 0 Å². The molecule has 2 aliphatic heterocycles. The molecule has 1 unspecified atom stereocenters. The average molecular weight is 443 g/mol. The molecule has 1 N–H and O–H groups in total. The third kappa shape index (κ3) is 5.05. The first-order chi connectivity index (χ1) is 14.8. The fourth-order valence-corrected chi connectivity index (χ4v) is 4.42. The smallest absolute Gasteiger partial charge is 0.256 e. The van der Waals surface area contributed by atoms with E-state index in [0.717, 1.165) is 0 Å². The Morgan fingerprint density at radius 3 is 2.58 bits per heavy atom. The van der Waals surface area contributed by atoms with Gasteiger partial charge in [-0.3, -0.25) is 4.79 Å². The molecule has 160 valence electrons. The van der Waals surface area contributed by atoms with Crippen molar-refractivity contribution in [3.63, 3.8) is 0 Å². The van der Waals surface area contributed by atoms with Crippen LogP contribution in [0.1, 0.15) is 17.2 Å². The predicted molar refractivity (Wildman–Crippen MR) is 113 cm³/mol. The monoisotopic (exact) mass is 443 g/mol. The fourth-order valence-electron chi connectivity index (χ4n) is 3.45. The summed E-state index contributed by atoms with van der Waals surface area (Å²) in [7, 11) is -3.49.